The van der Waals surface area contributed by atoms with Crippen LogP contribution in [0.3, 0.4) is 0 Å². The summed E-state index contributed by atoms with van der Waals surface area (Å²) in [6.07, 6.45) is 0.206. The first kappa shape index (κ1) is 8.79. The highest BCUT2D eigenvalue weighted by Crippen LogP contribution is 2.03. The van der Waals surface area contributed by atoms with Crippen LogP contribution >= 0.6 is 0 Å². The number of carboxylic acids is 1. The Hall–Kier alpha value is -1.30. The minimum atomic E-state index is -1.08. The highest BCUT2D eigenvalue weighted by Gasteiger charge is 2.29. The van der Waals surface area contributed by atoms with Crippen molar-refractivity contribution in [3.05, 3.63) is 0 Å². The first-order chi connectivity index (χ1) is 5.63. The minimum absolute atomic E-state index is 0.206. The van der Waals surface area contributed by atoms with Crippen LogP contribution in [0.15, 0.2) is 0 Å². The molecule has 12 heavy (non-hydrogen) atoms. The molecule has 0 aromatic heterocycles. The van der Waals surface area contributed by atoms with Gasteiger partial charge in [0.2, 0.25) is 0 Å². The van der Waals surface area contributed by atoms with Crippen molar-refractivity contribution in [2.45, 2.75) is 18.5 Å². The summed E-state index contributed by atoms with van der Waals surface area (Å²) >= 11 is 0. The van der Waals surface area contributed by atoms with Gasteiger partial charge in [0.25, 0.3) is 0 Å². The van der Waals surface area contributed by atoms with Gasteiger partial charge in [-0.1, -0.05) is 0 Å². The molecule has 0 aromatic rings. The summed E-state index contributed by atoms with van der Waals surface area (Å²) in [4.78, 5) is 21.2. The Balaban J connectivity index is 2.56. The molecule has 1 aliphatic rings. The maximum Gasteiger partial charge on any atom is 0.326 e. The van der Waals surface area contributed by atoms with Crippen LogP contribution in [0.2, 0.25) is 0 Å². The third-order valence-electron chi connectivity index (χ3n) is 1.68. The van der Waals surface area contributed by atoms with Crippen molar-refractivity contribution < 1.29 is 19.8 Å². The summed E-state index contributed by atoms with van der Waals surface area (Å²) in [7, 11) is 0. The van der Waals surface area contributed by atoms with Crippen LogP contribution in [-0.4, -0.2) is 40.9 Å². The molecule has 6 nitrogen and oxygen atoms in total. The number of urea groups is 1. The average Bonchev–Trinajstić information content (AvgIpc) is 2.03. The molecule has 0 aromatic carbocycles. The number of carbonyl (C=O) groups excluding carboxylic acids is 1. The van der Waals surface area contributed by atoms with Gasteiger partial charge in [-0.2, -0.15) is 0 Å². The predicted octanol–water partition coefficient (Wildman–Crippen LogP) is -1.50. The summed E-state index contributed by atoms with van der Waals surface area (Å²) in [6.45, 7) is -0.239. The van der Waals surface area contributed by atoms with Crippen LogP contribution in [0.25, 0.3) is 0 Å². The quantitative estimate of drug-likeness (QED) is 0.409. The second kappa shape index (κ2) is 3.40. The second-order valence-corrected chi connectivity index (χ2v) is 2.62. The van der Waals surface area contributed by atoms with Gasteiger partial charge in [0.15, 0.2) is 0 Å². The van der Waals surface area contributed by atoms with E-state index in [9.17, 15) is 9.59 Å². The van der Waals surface area contributed by atoms with E-state index in [1.54, 1.807) is 0 Å². The second-order valence-electron chi connectivity index (χ2n) is 2.62. The summed E-state index contributed by atoms with van der Waals surface area (Å²) in [5.41, 5.74) is 0. The fourth-order valence-electron chi connectivity index (χ4n) is 1.07. The van der Waals surface area contributed by atoms with E-state index < -0.39 is 24.1 Å². The molecular formula is C6H10N2O4. The first-order valence-electron chi connectivity index (χ1n) is 3.54. The number of aliphatic hydroxyl groups is 1. The molecule has 0 saturated carbocycles. The maximum absolute atomic E-state index is 10.8. The van der Waals surface area contributed by atoms with E-state index in [1.165, 1.54) is 0 Å². The van der Waals surface area contributed by atoms with Crippen LogP contribution < -0.4 is 10.6 Å². The summed E-state index contributed by atoms with van der Waals surface area (Å²) in [6, 6.07) is -1.90. The largest absolute Gasteiger partial charge is 0.480 e. The van der Waals surface area contributed by atoms with Crippen LogP contribution in [0.1, 0.15) is 6.42 Å². The van der Waals surface area contributed by atoms with Gasteiger partial charge in [0, 0.05) is 6.42 Å². The lowest BCUT2D eigenvalue weighted by Crippen LogP contribution is -2.58. The minimum Gasteiger partial charge on any atom is -0.480 e. The summed E-state index contributed by atoms with van der Waals surface area (Å²) < 4.78 is 0. The highest BCUT2D eigenvalue weighted by molar-refractivity contribution is 5.84. The fraction of sp³-hybridized carbons (Fsp3) is 0.667. The third kappa shape index (κ3) is 1.85. The molecule has 68 valence electrons. The van der Waals surface area contributed by atoms with Crippen molar-refractivity contribution in [3.63, 3.8) is 0 Å². The van der Waals surface area contributed by atoms with Crippen molar-refractivity contribution in [3.8, 4) is 0 Å². The Bertz CT molecular complexity index is 206. The molecular weight excluding hydrogens is 164 g/mol. The average molecular weight is 174 g/mol. The van der Waals surface area contributed by atoms with E-state index in [0.29, 0.717) is 0 Å². The Morgan fingerprint density at radius 3 is 2.75 bits per heavy atom. The summed E-state index contributed by atoms with van der Waals surface area (Å²) in [5, 5.41) is 21.8. The predicted molar refractivity (Wildman–Crippen MR) is 38.6 cm³/mol. The molecule has 0 bridgehead atoms. The molecule has 2 atom stereocenters. The molecule has 1 heterocycles. The zero-order chi connectivity index (χ0) is 9.14. The van der Waals surface area contributed by atoms with Crippen LogP contribution in [0, 0.1) is 0 Å². The van der Waals surface area contributed by atoms with E-state index in [-0.39, 0.29) is 13.0 Å². The van der Waals surface area contributed by atoms with Gasteiger partial charge in [-0.25, -0.2) is 9.59 Å². The molecule has 1 rings (SSSR count). The Morgan fingerprint density at radius 1 is 1.58 bits per heavy atom. The topological polar surface area (TPSA) is 98.7 Å². The normalized spacial score (nSPS) is 28.9. The number of aliphatic carboxylic acids is 1. The van der Waals surface area contributed by atoms with Crippen LogP contribution in [-0.2, 0) is 4.79 Å². The van der Waals surface area contributed by atoms with Crippen LogP contribution in [0.4, 0.5) is 4.79 Å². The number of nitrogens with one attached hydrogen (secondary N) is 2. The van der Waals surface area contributed by atoms with Crippen molar-refractivity contribution >= 4 is 12.0 Å². The SMILES string of the molecule is O=C1N[C@H](CO)C[C@@H](C(=O)O)N1. The Morgan fingerprint density at radius 2 is 2.25 bits per heavy atom. The molecule has 0 unspecified atom stereocenters. The molecule has 1 saturated heterocycles. The number of carbonyl (C=O) groups is 2. The van der Waals surface area contributed by atoms with Gasteiger partial charge in [0.1, 0.15) is 6.04 Å². The van der Waals surface area contributed by atoms with Gasteiger partial charge in [-0.3, -0.25) is 0 Å². The number of hydrogen-bond donors (Lipinski definition) is 4. The number of amides is 2. The zero-order valence-corrected chi connectivity index (χ0v) is 6.28. The molecule has 0 radical (unpaired) electrons. The van der Waals surface area contributed by atoms with Gasteiger partial charge < -0.3 is 20.8 Å². The van der Waals surface area contributed by atoms with Gasteiger partial charge >= 0.3 is 12.0 Å². The molecule has 0 aliphatic carbocycles. The smallest absolute Gasteiger partial charge is 0.326 e. The van der Waals surface area contributed by atoms with Gasteiger partial charge in [-0.15, -0.1) is 0 Å². The van der Waals surface area contributed by atoms with Crippen molar-refractivity contribution in [2.24, 2.45) is 0 Å². The van der Waals surface area contributed by atoms with E-state index in [4.69, 9.17) is 10.2 Å². The maximum atomic E-state index is 10.8. The zero-order valence-electron chi connectivity index (χ0n) is 6.28. The number of carboxylic acid groups (broad SMARTS) is 1. The van der Waals surface area contributed by atoms with Gasteiger partial charge in [-0.05, 0) is 0 Å². The van der Waals surface area contributed by atoms with Crippen molar-refractivity contribution in [1.82, 2.24) is 10.6 Å². The number of aliphatic hydroxyl groups excluding tert-OH is 1. The molecule has 1 fully saturated rings. The Kier molecular flexibility index (Phi) is 2.49. The molecule has 4 N–H and O–H groups in total. The van der Waals surface area contributed by atoms with E-state index in [1.807, 2.05) is 0 Å². The molecule has 6 heteroatoms. The number of rotatable bonds is 2. The lowest BCUT2D eigenvalue weighted by atomic mass is 10.1. The molecule has 1 aliphatic heterocycles. The van der Waals surface area contributed by atoms with E-state index >= 15 is 0 Å². The molecule has 0 spiro atoms. The highest BCUT2D eigenvalue weighted by atomic mass is 16.4. The number of hydrogen-bond acceptors (Lipinski definition) is 3. The third-order valence-corrected chi connectivity index (χ3v) is 1.68. The first-order valence-corrected chi connectivity index (χ1v) is 3.54. The lowest BCUT2D eigenvalue weighted by molar-refractivity contribution is -0.139. The monoisotopic (exact) mass is 174 g/mol. The van der Waals surface area contributed by atoms with Crippen molar-refractivity contribution in [2.75, 3.05) is 6.61 Å². The van der Waals surface area contributed by atoms with Gasteiger partial charge in [0.05, 0.1) is 12.6 Å². The lowest BCUT2D eigenvalue weighted by Gasteiger charge is -2.27. The molecule has 2 amide bonds. The van der Waals surface area contributed by atoms with Crippen LogP contribution in [0.5, 0.6) is 0 Å². The van der Waals surface area contributed by atoms with Crippen molar-refractivity contribution in [1.29, 1.82) is 0 Å². The Labute approximate surface area is 68.6 Å². The van der Waals surface area contributed by atoms with E-state index in [0.717, 1.165) is 0 Å². The fourth-order valence-corrected chi connectivity index (χ4v) is 1.07. The summed E-state index contributed by atoms with van der Waals surface area (Å²) in [5.74, 6) is -1.08. The standard InChI is InChI=1S/C6H10N2O4/c9-2-3-1-4(5(10)11)8-6(12)7-3/h3-4,9H,1-2H2,(H,10,11)(H2,7,8,12)/t3-,4-/m0/s1. The van der Waals surface area contributed by atoms with E-state index in [2.05, 4.69) is 10.6 Å².